The third-order valence-electron chi connectivity index (χ3n) is 4.08. The van der Waals surface area contributed by atoms with Crippen LogP contribution in [0, 0.1) is 13.8 Å². The standard InChI is InChI=1S/C18H15N3O2S/c1-11-12(2)24-17-16(11)18(22)21(10-19-17)20-8-13-7-14-5-3-4-6-15(14)23-9-13/h3-8,10H,9H2,1-2H3. The maximum atomic E-state index is 12.6. The van der Waals surface area contributed by atoms with Gasteiger partial charge in [0.25, 0.3) is 5.56 Å². The lowest BCUT2D eigenvalue weighted by Crippen LogP contribution is -2.17. The molecule has 24 heavy (non-hydrogen) atoms. The molecule has 5 nitrogen and oxygen atoms in total. The predicted molar refractivity (Wildman–Crippen MR) is 97.2 cm³/mol. The average Bonchev–Trinajstić information content (AvgIpc) is 2.89. The highest BCUT2D eigenvalue weighted by molar-refractivity contribution is 7.18. The molecule has 1 aliphatic rings. The lowest BCUT2D eigenvalue weighted by atomic mass is 10.1. The summed E-state index contributed by atoms with van der Waals surface area (Å²) in [5.74, 6) is 0.860. The van der Waals surface area contributed by atoms with E-state index in [2.05, 4.69) is 10.1 Å². The Bertz CT molecular complexity index is 1060. The molecule has 0 N–H and O–H groups in total. The van der Waals surface area contributed by atoms with Gasteiger partial charge in [-0.15, -0.1) is 11.3 Å². The van der Waals surface area contributed by atoms with Gasteiger partial charge in [-0.3, -0.25) is 4.79 Å². The number of aryl methyl sites for hydroxylation is 2. The molecule has 0 amide bonds. The summed E-state index contributed by atoms with van der Waals surface area (Å²) < 4.78 is 6.97. The summed E-state index contributed by atoms with van der Waals surface area (Å²) in [6.07, 6.45) is 5.13. The summed E-state index contributed by atoms with van der Waals surface area (Å²) in [5.41, 5.74) is 2.75. The van der Waals surface area contributed by atoms with E-state index in [1.807, 2.05) is 44.2 Å². The largest absolute Gasteiger partial charge is 0.488 e. The highest BCUT2D eigenvalue weighted by Gasteiger charge is 2.12. The van der Waals surface area contributed by atoms with E-state index < -0.39 is 0 Å². The van der Waals surface area contributed by atoms with E-state index in [0.29, 0.717) is 12.0 Å². The summed E-state index contributed by atoms with van der Waals surface area (Å²) in [6.45, 7) is 4.37. The molecule has 3 aromatic rings. The van der Waals surface area contributed by atoms with Crippen molar-refractivity contribution in [3.05, 3.63) is 62.5 Å². The van der Waals surface area contributed by atoms with Crippen molar-refractivity contribution in [2.75, 3.05) is 6.61 Å². The van der Waals surface area contributed by atoms with Crippen molar-refractivity contribution in [3.63, 3.8) is 0 Å². The molecular formula is C18H15N3O2S. The smallest absolute Gasteiger partial charge is 0.282 e. The number of hydrogen-bond acceptors (Lipinski definition) is 5. The molecule has 0 spiro atoms. The van der Waals surface area contributed by atoms with Crippen molar-refractivity contribution >= 4 is 33.8 Å². The number of nitrogens with zero attached hydrogens (tertiary/aromatic N) is 3. The van der Waals surface area contributed by atoms with E-state index in [1.54, 1.807) is 6.21 Å². The Morgan fingerprint density at radius 3 is 3.04 bits per heavy atom. The number of ether oxygens (including phenoxy) is 1. The minimum Gasteiger partial charge on any atom is -0.488 e. The van der Waals surface area contributed by atoms with Gasteiger partial charge in [0.05, 0.1) is 11.6 Å². The molecule has 0 radical (unpaired) electrons. The third-order valence-corrected chi connectivity index (χ3v) is 5.19. The summed E-state index contributed by atoms with van der Waals surface area (Å²) in [5, 5.41) is 4.93. The van der Waals surface area contributed by atoms with E-state index >= 15 is 0 Å². The van der Waals surface area contributed by atoms with Crippen LogP contribution in [-0.4, -0.2) is 22.5 Å². The second-order valence-electron chi connectivity index (χ2n) is 5.65. The molecule has 4 rings (SSSR count). The van der Waals surface area contributed by atoms with Gasteiger partial charge in [0.15, 0.2) is 0 Å². The van der Waals surface area contributed by atoms with Gasteiger partial charge in [0, 0.05) is 16.0 Å². The van der Waals surface area contributed by atoms with Gasteiger partial charge in [0.1, 0.15) is 23.5 Å². The Morgan fingerprint density at radius 1 is 1.33 bits per heavy atom. The second-order valence-corrected chi connectivity index (χ2v) is 6.85. The van der Waals surface area contributed by atoms with Crippen LogP contribution in [0.15, 0.2) is 46.1 Å². The zero-order valence-electron chi connectivity index (χ0n) is 13.3. The average molecular weight is 337 g/mol. The molecule has 0 fully saturated rings. The molecule has 120 valence electrons. The van der Waals surface area contributed by atoms with Crippen molar-refractivity contribution in [2.45, 2.75) is 13.8 Å². The summed E-state index contributed by atoms with van der Waals surface area (Å²) in [6, 6.07) is 7.82. The minimum atomic E-state index is -0.143. The Labute approximate surface area is 142 Å². The topological polar surface area (TPSA) is 56.5 Å². The van der Waals surface area contributed by atoms with Crippen molar-refractivity contribution in [3.8, 4) is 5.75 Å². The van der Waals surface area contributed by atoms with Crippen molar-refractivity contribution in [1.29, 1.82) is 0 Å². The highest BCUT2D eigenvalue weighted by Crippen LogP contribution is 2.26. The quantitative estimate of drug-likeness (QED) is 0.674. The monoisotopic (exact) mass is 337 g/mol. The van der Waals surface area contributed by atoms with Crippen LogP contribution >= 0.6 is 11.3 Å². The molecule has 1 aromatic carbocycles. The van der Waals surface area contributed by atoms with Crippen LogP contribution in [0.5, 0.6) is 5.75 Å². The van der Waals surface area contributed by atoms with Gasteiger partial charge >= 0.3 is 0 Å². The number of benzene rings is 1. The maximum absolute atomic E-state index is 12.6. The number of para-hydroxylation sites is 1. The number of rotatable bonds is 2. The fourth-order valence-corrected chi connectivity index (χ4v) is 3.64. The molecule has 0 atom stereocenters. The molecule has 0 unspecified atom stereocenters. The Kier molecular flexibility index (Phi) is 3.54. The first-order valence-electron chi connectivity index (χ1n) is 7.57. The molecule has 0 aliphatic carbocycles. The van der Waals surface area contributed by atoms with Gasteiger partial charge in [0.2, 0.25) is 0 Å². The first kappa shape index (κ1) is 14.8. The molecule has 3 heterocycles. The van der Waals surface area contributed by atoms with Crippen LogP contribution in [0.25, 0.3) is 16.3 Å². The molecule has 2 aromatic heterocycles. The first-order chi connectivity index (χ1) is 11.6. The van der Waals surface area contributed by atoms with E-state index in [0.717, 1.165) is 32.2 Å². The van der Waals surface area contributed by atoms with Gasteiger partial charge in [-0.1, -0.05) is 18.2 Å². The number of hydrogen-bond donors (Lipinski definition) is 0. The van der Waals surface area contributed by atoms with Gasteiger partial charge in [-0.25, -0.2) is 4.98 Å². The lowest BCUT2D eigenvalue weighted by molar-refractivity contribution is 0.353. The number of thiophene rings is 1. The molecule has 1 aliphatic heterocycles. The highest BCUT2D eigenvalue weighted by atomic mass is 32.1. The Balaban J connectivity index is 1.71. The molecule has 0 saturated heterocycles. The van der Waals surface area contributed by atoms with Crippen LogP contribution in [0.2, 0.25) is 0 Å². The van der Waals surface area contributed by atoms with Crippen LogP contribution in [0.3, 0.4) is 0 Å². The maximum Gasteiger partial charge on any atom is 0.282 e. The summed E-state index contributed by atoms with van der Waals surface area (Å²) in [4.78, 5) is 18.8. The fourth-order valence-electron chi connectivity index (χ4n) is 2.65. The molecule has 6 heteroatoms. The van der Waals surface area contributed by atoms with E-state index in [4.69, 9.17) is 4.74 Å². The summed E-state index contributed by atoms with van der Waals surface area (Å²) >= 11 is 1.53. The van der Waals surface area contributed by atoms with Crippen molar-refractivity contribution in [1.82, 2.24) is 9.66 Å². The van der Waals surface area contributed by atoms with E-state index in [9.17, 15) is 4.79 Å². The number of fused-ring (bicyclic) bond motifs is 2. The van der Waals surface area contributed by atoms with Gasteiger partial charge in [-0.2, -0.15) is 9.78 Å². The number of aromatic nitrogens is 2. The van der Waals surface area contributed by atoms with Crippen molar-refractivity contribution < 1.29 is 4.74 Å². The minimum absolute atomic E-state index is 0.143. The van der Waals surface area contributed by atoms with Crippen LogP contribution in [-0.2, 0) is 0 Å². The van der Waals surface area contributed by atoms with Crippen LogP contribution in [0.4, 0.5) is 0 Å². The molecule has 0 saturated carbocycles. The van der Waals surface area contributed by atoms with Gasteiger partial charge < -0.3 is 4.74 Å². The second kappa shape index (κ2) is 5.72. The summed E-state index contributed by atoms with van der Waals surface area (Å²) in [7, 11) is 0. The molecule has 0 bridgehead atoms. The van der Waals surface area contributed by atoms with E-state index in [1.165, 1.54) is 22.3 Å². The van der Waals surface area contributed by atoms with E-state index in [-0.39, 0.29) is 5.56 Å². The van der Waals surface area contributed by atoms with Crippen LogP contribution < -0.4 is 10.3 Å². The van der Waals surface area contributed by atoms with Crippen molar-refractivity contribution in [2.24, 2.45) is 5.10 Å². The third kappa shape index (κ3) is 2.45. The van der Waals surface area contributed by atoms with Crippen LogP contribution in [0.1, 0.15) is 16.0 Å². The lowest BCUT2D eigenvalue weighted by Gasteiger charge is -2.15. The Morgan fingerprint density at radius 2 is 2.17 bits per heavy atom. The zero-order chi connectivity index (χ0) is 16.7. The SMILES string of the molecule is Cc1sc2ncn(N=CC3=Cc4ccccc4OC3)c(=O)c2c1C. The molecular weight excluding hydrogens is 322 g/mol. The van der Waals surface area contributed by atoms with Gasteiger partial charge in [-0.05, 0) is 31.6 Å². The first-order valence-corrected chi connectivity index (χ1v) is 8.39. The zero-order valence-corrected chi connectivity index (χ0v) is 14.1. The predicted octanol–water partition coefficient (Wildman–Crippen LogP) is 3.38. The Hall–Kier alpha value is -2.73. The normalized spacial score (nSPS) is 13.8. The fraction of sp³-hybridized carbons (Fsp3) is 0.167.